The highest BCUT2D eigenvalue weighted by molar-refractivity contribution is 7.89. The van der Waals surface area contributed by atoms with Gasteiger partial charge in [-0.2, -0.15) is 0 Å². The van der Waals surface area contributed by atoms with Crippen molar-refractivity contribution >= 4 is 27.3 Å². The van der Waals surface area contributed by atoms with Gasteiger partial charge in [0.1, 0.15) is 10.6 Å². The van der Waals surface area contributed by atoms with Gasteiger partial charge in [-0.05, 0) is 49.6 Å². The normalized spacial score (nSPS) is 16.4. The largest absolute Gasteiger partial charge is 0.495 e. The summed E-state index contributed by atoms with van der Waals surface area (Å²) in [5, 5.41) is 2.82. The monoisotopic (exact) mass is 417 g/mol. The molecule has 0 fully saturated rings. The van der Waals surface area contributed by atoms with Crippen LogP contribution in [-0.4, -0.2) is 52.4 Å². The first-order valence-corrected chi connectivity index (χ1v) is 10.9. The van der Waals surface area contributed by atoms with E-state index in [1.54, 1.807) is 12.1 Å². The van der Waals surface area contributed by atoms with Crippen molar-refractivity contribution in [2.45, 2.75) is 30.7 Å². The molecule has 0 saturated heterocycles. The predicted octanol–water partition coefficient (Wildman–Crippen LogP) is 2.73. The summed E-state index contributed by atoms with van der Waals surface area (Å²) >= 11 is 0. The summed E-state index contributed by atoms with van der Waals surface area (Å²) in [7, 11) is 0.614. The van der Waals surface area contributed by atoms with Crippen molar-refractivity contribution in [3.63, 3.8) is 0 Å². The number of nitrogens with zero attached hydrogens (tertiary/aromatic N) is 2. The number of hydrogen-bond donors (Lipinski definition) is 1. The Hall–Kier alpha value is -2.58. The number of para-hydroxylation sites is 1. The zero-order valence-electron chi connectivity index (χ0n) is 17.2. The molecule has 1 aliphatic rings. The molecule has 0 spiro atoms. The second-order valence-electron chi connectivity index (χ2n) is 7.35. The van der Waals surface area contributed by atoms with Gasteiger partial charge in [0.2, 0.25) is 15.9 Å². The molecule has 1 heterocycles. The van der Waals surface area contributed by atoms with E-state index in [0.29, 0.717) is 5.69 Å². The molecule has 3 rings (SSSR count). The van der Waals surface area contributed by atoms with Gasteiger partial charge in [-0.1, -0.05) is 18.2 Å². The van der Waals surface area contributed by atoms with E-state index in [1.807, 2.05) is 18.2 Å². The van der Waals surface area contributed by atoms with E-state index >= 15 is 0 Å². The van der Waals surface area contributed by atoms with Crippen LogP contribution in [0.5, 0.6) is 5.75 Å². The minimum absolute atomic E-state index is 0.0134. The highest BCUT2D eigenvalue weighted by Gasteiger charge is 2.26. The molecule has 7 nitrogen and oxygen atoms in total. The molecule has 0 bridgehead atoms. The zero-order valence-corrected chi connectivity index (χ0v) is 18.0. The van der Waals surface area contributed by atoms with Crippen LogP contribution in [0.3, 0.4) is 0 Å². The van der Waals surface area contributed by atoms with Crippen molar-refractivity contribution in [2.75, 3.05) is 38.0 Å². The average Bonchev–Trinajstić information content (AvgIpc) is 2.70. The van der Waals surface area contributed by atoms with Crippen LogP contribution < -0.4 is 15.0 Å². The number of rotatable bonds is 6. The number of fused-ring (bicyclic) bond motifs is 1. The van der Waals surface area contributed by atoms with Crippen LogP contribution in [0.1, 0.15) is 18.9 Å². The maximum Gasteiger partial charge on any atom is 0.246 e. The highest BCUT2D eigenvalue weighted by atomic mass is 32.2. The number of carbonyl (C=O) groups excluding carboxylic acids is 1. The van der Waals surface area contributed by atoms with Crippen molar-refractivity contribution in [1.29, 1.82) is 0 Å². The Morgan fingerprint density at radius 2 is 1.97 bits per heavy atom. The van der Waals surface area contributed by atoms with Gasteiger partial charge < -0.3 is 15.0 Å². The van der Waals surface area contributed by atoms with E-state index in [-0.39, 0.29) is 29.1 Å². The quantitative estimate of drug-likeness (QED) is 0.782. The van der Waals surface area contributed by atoms with E-state index < -0.39 is 10.0 Å². The zero-order chi connectivity index (χ0) is 21.2. The number of carbonyl (C=O) groups is 1. The van der Waals surface area contributed by atoms with Crippen molar-refractivity contribution < 1.29 is 17.9 Å². The summed E-state index contributed by atoms with van der Waals surface area (Å²) in [5.74, 6) is 0.0298. The van der Waals surface area contributed by atoms with E-state index in [4.69, 9.17) is 4.74 Å². The van der Waals surface area contributed by atoms with Crippen LogP contribution >= 0.6 is 0 Å². The molecule has 1 aliphatic heterocycles. The van der Waals surface area contributed by atoms with E-state index in [2.05, 4.69) is 23.2 Å². The summed E-state index contributed by atoms with van der Waals surface area (Å²) in [5.41, 5.74) is 2.73. The molecule has 156 valence electrons. The number of sulfonamides is 1. The van der Waals surface area contributed by atoms with Crippen molar-refractivity contribution in [1.82, 2.24) is 4.31 Å². The molecule has 0 aliphatic carbocycles. The standard InChI is InChI=1S/C21H27N3O4S/c1-15-9-10-16-7-5-6-8-18(16)24(15)14-21(25)22-17-11-12-19(28-4)20(13-17)29(26,27)23(2)3/h5-8,11-13,15H,9-10,14H2,1-4H3,(H,22,25)/t15-/m1/s1. The lowest BCUT2D eigenvalue weighted by Crippen LogP contribution is -2.42. The van der Waals surface area contributed by atoms with Crippen LogP contribution in [0, 0.1) is 0 Å². The first-order chi connectivity index (χ1) is 13.7. The Balaban J connectivity index is 1.81. The maximum absolute atomic E-state index is 12.7. The Morgan fingerprint density at radius 1 is 1.24 bits per heavy atom. The topological polar surface area (TPSA) is 79.0 Å². The van der Waals surface area contributed by atoms with Gasteiger partial charge in [0, 0.05) is 31.5 Å². The predicted molar refractivity (Wildman–Crippen MR) is 114 cm³/mol. The number of anilines is 2. The Kier molecular flexibility index (Phi) is 6.14. The summed E-state index contributed by atoms with van der Waals surface area (Å²) < 4.78 is 31.4. The second kappa shape index (κ2) is 8.42. The average molecular weight is 418 g/mol. The molecule has 0 saturated carbocycles. The fourth-order valence-electron chi connectivity index (χ4n) is 3.51. The number of aryl methyl sites for hydroxylation is 1. The number of hydrogen-bond acceptors (Lipinski definition) is 5. The third kappa shape index (κ3) is 4.38. The van der Waals surface area contributed by atoms with Gasteiger partial charge in [0.05, 0.1) is 13.7 Å². The number of ether oxygens (including phenoxy) is 1. The number of amides is 1. The Morgan fingerprint density at radius 3 is 2.66 bits per heavy atom. The number of nitrogens with one attached hydrogen (secondary N) is 1. The molecule has 1 atom stereocenters. The molecular formula is C21H27N3O4S. The molecule has 1 amide bonds. The molecule has 1 N–H and O–H groups in total. The third-order valence-corrected chi connectivity index (χ3v) is 7.02. The molecule has 2 aromatic rings. The third-order valence-electron chi connectivity index (χ3n) is 5.18. The van der Waals surface area contributed by atoms with Crippen molar-refractivity contribution in [2.24, 2.45) is 0 Å². The summed E-state index contributed by atoms with van der Waals surface area (Å²) in [6, 6.07) is 13.0. The van der Waals surface area contributed by atoms with Gasteiger partial charge in [-0.25, -0.2) is 12.7 Å². The Labute approximate surface area is 172 Å². The number of methoxy groups -OCH3 is 1. The lowest BCUT2D eigenvalue weighted by atomic mass is 9.96. The van der Waals surface area contributed by atoms with Crippen LogP contribution in [0.25, 0.3) is 0 Å². The van der Waals surface area contributed by atoms with Gasteiger partial charge in [0.25, 0.3) is 0 Å². The summed E-state index contributed by atoms with van der Waals surface area (Å²) in [6.07, 6.45) is 1.98. The minimum atomic E-state index is -3.71. The van der Waals surface area contributed by atoms with E-state index in [1.165, 1.54) is 32.8 Å². The molecule has 2 aromatic carbocycles. The van der Waals surface area contributed by atoms with Gasteiger partial charge in [0.15, 0.2) is 0 Å². The maximum atomic E-state index is 12.7. The summed E-state index contributed by atoms with van der Waals surface area (Å²) in [4.78, 5) is 14.8. The summed E-state index contributed by atoms with van der Waals surface area (Å²) in [6.45, 7) is 2.30. The number of benzene rings is 2. The first kappa shape index (κ1) is 21.1. The lowest BCUT2D eigenvalue weighted by molar-refractivity contribution is -0.115. The van der Waals surface area contributed by atoms with E-state index in [9.17, 15) is 13.2 Å². The Bertz CT molecular complexity index is 1000. The van der Waals surface area contributed by atoms with Crippen LogP contribution in [0.2, 0.25) is 0 Å². The van der Waals surface area contributed by atoms with Crippen LogP contribution in [0.4, 0.5) is 11.4 Å². The minimum Gasteiger partial charge on any atom is -0.495 e. The molecule has 29 heavy (non-hydrogen) atoms. The molecular weight excluding hydrogens is 390 g/mol. The van der Waals surface area contributed by atoms with Crippen LogP contribution in [0.15, 0.2) is 47.4 Å². The fraction of sp³-hybridized carbons (Fsp3) is 0.381. The SMILES string of the molecule is COc1ccc(NC(=O)CN2c3ccccc3CC[C@H]2C)cc1S(=O)(=O)N(C)C. The van der Waals surface area contributed by atoms with Crippen molar-refractivity contribution in [3.05, 3.63) is 48.0 Å². The van der Waals surface area contributed by atoms with Gasteiger partial charge in [-0.3, -0.25) is 4.79 Å². The van der Waals surface area contributed by atoms with Gasteiger partial charge in [-0.15, -0.1) is 0 Å². The van der Waals surface area contributed by atoms with Crippen molar-refractivity contribution in [3.8, 4) is 5.75 Å². The highest BCUT2D eigenvalue weighted by Crippen LogP contribution is 2.31. The molecule has 8 heteroatoms. The van der Waals surface area contributed by atoms with Gasteiger partial charge >= 0.3 is 0 Å². The lowest BCUT2D eigenvalue weighted by Gasteiger charge is -2.36. The smallest absolute Gasteiger partial charge is 0.246 e. The van der Waals surface area contributed by atoms with E-state index in [0.717, 1.165) is 22.8 Å². The first-order valence-electron chi connectivity index (χ1n) is 9.49. The molecule has 0 unspecified atom stereocenters. The second-order valence-corrected chi connectivity index (χ2v) is 9.47. The molecule has 0 aromatic heterocycles. The molecule has 0 radical (unpaired) electrons. The fourth-order valence-corrected chi connectivity index (χ4v) is 4.58. The van der Waals surface area contributed by atoms with Crippen LogP contribution in [-0.2, 0) is 21.2 Å².